The van der Waals surface area contributed by atoms with Crippen molar-refractivity contribution in [3.05, 3.63) is 60.7 Å². The van der Waals surface area contributed by atoms with Crippen molar-refractivity contribution in [3.8, 4) is 0 Å². The summed E-state index contributed by atoms with van der Waals surface area (Å²) in [6.07, 6.45) is 0.317. The first kappa shape index (κ1) is 14.1. The molecule has 0 bridgehead atoms. The fraction of sp³-hybridized carbons (Fsp3) is 0.176. The third-order valence-electron chi connectivity index (χ3n) is 3.56. The monoisotopic (exact) mass is 295 g/mol. The first-order chi connectivity index (χ1) is 10.7. The van der Waals surface area contributed by atoms with Crippen LogP contribution in [0, 0.1) is 0 Å². The average Bonchev–Trinajstić information content (AvgIpc) is 2.89. The molecule has 1 saturated heterocycles. The van der Waals surface area contributed by atoms with Crippen molar-refractivity contribution in [3.63, 3.8) is 0 Å². The lowest BCUT2D eigenvalue weighted by Crippen LogP contribution is -2.39. The Bertz CT molecular complexity index is 658. The molecule has 3 rings (SSSR count). The van der Waals surface area contributed by atoms with Gasteiger partial charge in [0.1, 0.15) is 0 Å². The lowest BCUT2D eigenvalue weighted by atomic mass is 10.2. The third kappa shape index (κ3) is 3.25. The van der Waals surface area contributed by atoms with Gasteiger partial charge in [-0.15, -0.1) is 0 Å². The Morgan fingerprint density at radius 3 is 2.32 bits per heavy atom. The van der Waals surface area contributed by atoms with Crippen LogP contribution in [0.3, 0.4) is 0 Å². The molecule has 2 aromatic carbocycles. The molecule has 2 aromatic rings. The summed E-state index contributed by atoms with van der Waals surface area (Å²) in [6.45, 7) is 0.491. The van der Waals surface area contributed by atoms with Crippen LogP contribution in [0.15, 0.2) is 60.7 Å². The third-order valence-corrected chi connectivity index (χ3v) is 3.56. The van der Waals surface area contributed by atoms with Gasteiger partial charge in [-0.2, -0.15) is 0 Å². The first-order valence-corrected chi connectivity index (χ1v) is 7.20. The molecule has 0 radical (unpaired) electrons. The van der Waals surface area contributed by atoms with Crippen LogP contribution >= 0.6 is 0 Å². The molecule has 1 heterocycles. The maximum atomic E-state index is 12.1. The van der Waals surface area contributed by atoms with Gasteiger partial charge in [-0.05, 0) is 24.3 Å². The van der Waals surface area contributed by atoms with Gasteiger partial charge in [-0.1, -0.05) is 36.4 Å². The van der Waals surface area contributed by atoms with E-state index in [2.05, 4.69) is 10.6 Å². The standard InChI is InChI=1S/C17H17N3O2/c21-16-11-14(12-20(16)15-9-5-2-6-10-15)19-17(22)18-13-7-3-1-4-8-13/h1-10,14H,11-12H2,(H2,18,19,22)/t14-/m0/s1. The highest BCUT2D eigenvalue weighted by molar-refractivity contribution is 5.97. The molecule has 0 spiro atoms. The molecule has 1 aliphatic heterocycles. The Labute approximate surface area is 128 Å². The molecule has 2 N–H and O–H groups in total. The minimum Gasteiger partial charge on any atom is -0.333 e. The number of para-hydroxylation sites is 2. The smallest absolute Gasteiger partial charge is 0.319 e. The Morgan fingerprint density at radius 2 is 1.64 bits per heavy atom. The number of carbonyl (C=O) groups is 2. The van der Waals surface area contributed by atoms with Gasteiger partial charge >= 0.3 is 6.03 Å². The molecule has 0 aliphatic carbocycles. The van der Waals surface area contributed by atoms with Crippen molar-refractivity contribution in [2.45, 2.75) is 12.5 Å². The Hall–Kier alpha value is -2.82. The Kier molecular flexibility index (Phi) is 4.05. The number of benzene rings is 2. The number of urea groups is 1. The van der Waals surface area contributed by atoms with Crippen LogP contribution in [0.1, 0.15) is 6.42 Å². The number of hydrogen-bond acceptors (Lipinski definition) is 2. The fourth-order valence-corrected chi connectivity index (χ4v) is 2.54. The number of carbonyl (C=O) groups excluding carboxylic acids is 2. The van der Waals surface area contributed by atoms with Crippen molar-refractivity contribution < 1.29 is 9.59 Å². The molecule has 1 fully saturated rings. The number of rotatable bonds is 3. The predicted molar refractivity (Wildman–Crippen MR) is 85.8 cm³/mol. The van der Waals surface area contributed by atoms with Gasteiger partial charge in [-0.3, -0.25) is 4.79 Å². The van der Waals surface area contributed by atoms with E-state index in [1.807, 2.05) is 60.7 Å². The van der Waals surface area contributed by atoms with Gasteiger partial charge in [0.2, 0.25) is 5.91 Å². The second-order valence-electron chi connectivity index (χ2n) is 5.21. The van der Waals surface area contributed by atoms with E-state index < -0.39 is 0 Å². The van der Waals surface area contributed by atoms with Crippen LogP contribution in [0.5, 0.6) is 0 Å². The summed E-state index contributed by atoms with van der Waals surface area (Å²) in [5.74, 6) is 0.0243. The minimum absolute atomic E-state index is 0.0243. The Morgan fingerprint density at radius 1 is 1.00 bits per heavy atom. The summed E-state index contributed by atoms with van der Waals surface area (Å²) in [6, 6.07) is 18.2. The molecule has 22 heavy (non-hydrogen) atoms. The van der Waals surface area contributed by atoms with Crippen LogP contribution in [0.2, 0.25) is 0 Å². The maximum Gasteiger partial charge on any atom is 0.319 e. The number of amides is 3. The summed E-state index contributed by atoms with van der Waals surface area (Å²) in [7, 11) is 0. The van der Waals surface area contributed by atoms with Gasteiger partial charge in [0, 0.05) is 24.3 Å². The summed E-state index contributed by atoms with van der Waals surface area (Å²) in [5, 5.41) is 5.60. The van der Waals surface area contributed by atoms with E-state index in [0.717, 1.165) is 11.4 Å². The van der Waals surface area contributed by atoms with Crippen molar-refractivity contribution in [2.75, 3.05) is 16.8 Å². The maximum absolute atomic E-state index is 12.1. The van der Waals surface area contributed by atoms with E-state index in [0.29, 0.717) is 13.0 Å². The zero-order valence-electron chi connectivity index (χ0n) is 12.0. The second-order valence-corrected chi connectivity index (χ2v) is 5.21. The van der Waals surface area contributed by atoms with E-state index in [1.165, 1.54) is 0 Å². The quantitative estimate of drug-likeness (QED) is 0.914. The normalized spacial score (nSPS) is 17.4. The van der Waals surface area contributed by atoms with E-state index in [-0.39, 0.29) is 18.0 Å². The summed E-state index contributed by atoms with van der Waals surface area (Å²) >= 11 is 0. The molecular weight excluding hydrogens is 278 g/mol. The number of hydrogen-bond donors (Lipinski definition) is 2. The van der Waals surface area contributed by atoms with Gasteiger partial charge in [-0.25, -0.2) is 4.79 Å². The number of nitrogens with zero attached hydrogens (tertiary/aromatic N) is 1. The minimum atomic E-state index is -0.293. The SMILES string of the molecule is O=C(Nc1ccccc1)N[C@H]1CC(=O)N(c2ccccc2)C1. The molecule has 0 saturated carbocycles. The van der Waals surface area contributed by atoms with Crippen LogP contribution in [-0.2, 0) is 4.79 Å². The highest BCUT2D eigenvalue weighted by Gasteiger charge is 2.31. The van der Waals surface area contributed by atoms with Crippen molar-refractivity contribution in [1.29, 1.82) is 0 Å². The molecular formula is C17H17N3O2. The summed E-state index contributed by atoms with van der Waals surface area (Å²) in [4.78, 5) is 25.7. The van der Waals surface area contributed by atoms with E-state index in [4.69, 9.17) is 0 Å². The van der Waals surface area contributed by atoms with Gasteiger partial charge < -0.3 is 15.5 Å². The highest BCUT2D eigenvalue weighted by Crippen LogP contribution is 2.21. The molecule has 112 valence electrons. The predicted octanol–water partition coefficient (Wildman–Crippen LogP) is 2.61. The Balaban J connectivity index is 1.58. The van der Waals surface area contributed by atoms with Crippen LogP contribution in [-0.4, -0.2) is 24.5 Å². The van der Waals surface area contributed by atoms with Crippen LogP contribution < -0.4 is 15.5 Å². The van der Waals surface area contributed by atoms with Crippen molar-refractivity contribution >= 4 is 23.3 Å². The second kappa shape index (κ2) is 6.30. The summed E-state index contributed by atoms with van der Waals surface area (Å²) < 4.78 is 0. The molecule has 1 aliphatic rings. The first-order valence-electron chi connectivity index (χ1n) is 7.20. The van der Waals surface area contributed by atoms with Crippen molar-refractivity contribution in [2.24, 2.45) is 0 Å². The highest BCUT2D eigenvalue weighted by atomic mass is 16.2. The van der Waals surface area contributed by atoms with Gasteiger partial charge in [0.15, 0.2) is 0 Å². The molecule has 0 aromatic heterocycles. The lowest BCUT2D eigenvalue weighted by molar-refractivity contribution is -0.117. The van der Waals surface area contributed by atoms with Crippen LogP contribution in [0.4, 0.5) is 16.2 Å². The molecule has 5 nitrogen and oxygen atoms in total. The number of anilines is 2. The zero-order chi connectivity index (χ0) is 15.4. The molecule has 5 heteroatoms. The lowest BCUT2D eigenvalue weighted by Gasteiger charge is -2.17. The van der Waals surface area contributed by atoms with E-state index in [9.17, 15) is 9.59 Å². The zero-order valence-corrected chi connectivity index (χ0v) is 12.0. The van der Waals surface area contributed by atoms with Gasteiger partial charge in [0.05, 0.1) is 6.04 Å². The molecule has 1 atom stereocenters. The largest absolute Gasteiger partial charge is 0.333 e. The topological polar surface area (TPSA) is 61.4 Å². The summed E-state index contributed by atoms with van der Waals surface area (Å²) in [5.41, 5.74) is 1.59. The van der Waals surface area contributed by atoms with E-state index in [1.54, 1.807) is 4.90 Å². The number of nitrogens with one attached hydrogen (secondary N) is 2. The van der Waals surface area contributed by atoms with E-state index >= 15 is 0 Å². The molecule has 3 amide bonds. The van der Waals surface area contributed by atoms with Gasteiger partial charge in [0.25, 0.3) is 0 Å². The van der Waals surface area contributed by atoms with Crippen molar-refractivity contribution in [1.82, 2.24) is 5.32 Å². The average molecular weight is 295 g/mol. The van der Waals surface area contributed by atoms with Crippen LogP contribution in [0.25, 0.3) is 0 Å². The molecule has 0 unspecified atom stereocenters. The fourth-order valence-electron chi connectivity index (χ4n) is 2.54.